The van der Waals surface area contributed by atoms with Crippen molar-refractivity contribution in [1.29, 1.82) is 0 Å². The Morgan fingerprint density at radius 3 is 2.35 bits per heavy atom. The van der Waals surface area contributed by atoms with Crippen molar-refractivity contribution in [2.24, 2.45) is 0 Å². The molecule has 0 aliphatic heterocycles. The molecule has 2 rings (SSSR count). The Labute approximate surface area is 142 Å². The number of anilines is 1. The third-order valence-corrected chi connectivity index (χ3v) is 3.68. The van der Waals surface area contributed by atoms with Crippen LogP contribution in [0.15, 0.2) is 42.5 Å². The fraction of sp³-hybridized carbons (Fsp3) is 0.125. The van der Waals surface area contributed by atoms with Crippen LogP contribution in [0.3, 0.4) is 0 Å². The fourth-order valence-electron chi connectivity index (χ4n) is 2.01. The van der Waals surface area contributed by atoms with Crippen molar-refractivity contribution in [3.05, 3.63) is 63.9 Å². The number of nitrogens with zero attached hydrogens (tertiary/aromatic N) is 1. The van der Waals surface area contributed by atoms with Crippen LogP contribution in [0.25, 0.3) is 0 Å². The van der Waals surface area contributed by atoms with Gasteiger partial charge >= 0.3 is 6.03 Å². The highest BCUT2D eigenvalue weighted by Crippen LogP contribution is 2.20. The molecule has 7 heteroatoms. The van der Waals surface area contributed by atoms with E-state index in [-0.39, 0.29) is 10.6 Å². The number of carbonyl (C=O) groups excluding carboxylic acids is 2. The molecule has 23 heavy (non-hydrogen) atoms. The third-order valence-electron chi connectivity index (χ3n) is 3.11. The predicted molar refractivity (Wildman–Crippen MR) is 88.7 cm³/mol. The van der Waals surface area contributed by atoms with E-state index in [4.69, 9.17) is 23.2 Å². The van der Waals surface area contributed by atoms with E-state index in [1.54, 1.807) is 31.2 Å². The summed E-state index contributed by atoms with van der Waals surface area (Å²) >= 11 is 11.6. The fourth-order valence-corrected chi connectivity index (χ4v) is 2.38. The largest absolute Gasteiger partial charge is 0.328 e. The quantitative estimate of drug-likeness (QED) is 0.881. The molecule has 0 fully saturated rings. The molecular weight excluding hydrogens is 342 g/mol. The summed E-state index contributed by atoms with van der Waals surface area (Å²) in [4.78, 5) is 25.7. The Hall–Kier alpha value is -2.11. The maximum Gasteiger partial charge on any atom is 0.328 e. The molecule has 0 bridgehead atoms. The maximum atomic E-state index is 13.7. The van der Waals surface area contributed by atoms with Crippen molar-refractivity contribution in [2.75, 3.05) is 11.4 Å². The SMILES string of the molecule is CCN(C(=O)NC(=O)c1c(F)cccc1Cl)c1ccc(Cl)cc1. The molecule has 1 N–H and O–H groups in total. The van der Waals surface area contributed by atoms with Gasteiger partial charge in [0.05, 0.1) is 10.6 Å². The Morgan fingerprint density at radius 1 is 1.13 bits per heavy atom. The molecule has 2 aromatic carbocycles. The van der Waals surface area contributed by atoms with Crippen LogP contribution in [-0.2, 0) is 0 Å². The minimum absolute atomic E-state index is 0.0650. The first-order valence-corrected chi connectivity index (χ1v) is 7.52. The smallest absolute Gasteiger partial charge is 0.294 e. The van der Waals surface area contributed by atoms with Crippen LogP contribution in [0.5, 0.6) is 0 Å². The number of halogens is 3. The second-order valence-corrected chi connectivity index (χ2v) is 5.42. The predicted octanol–water partition coefficient (Wildman–Crippen LogP) is 4.51. The van der Waals surface area contributed by atoms with Crippen molar-refractivity contribution < 1.29 is 14.0 Å². The number of carbonyl (C=O) groups is 2. The zero-order valence-corrected chi connectivity index (χ0v) is 13.7. The van der Waals surface area contributed by atoms with Gasteiger partial charge in [0.15, 0.2) is 0 Å². The zero-order valence-electron chi connectivity index (χ0n) is 12.1. The van der Waals surface area contributed by atoms with Gasteiger partial charge in [0, 0.05) is 17.3 Å². The van der Waals surface area contributed by atoms with E-state index in [9.17, 15) is 14.0 Å². The van der Waals surface area contributed by atoms with Gasteiger partial charge in [-0.3, -0.25) is 15.0 Å². The molecule has 0 spiro atoms. The molecule has 3 amide bonds. The van der Waals surface area contributed by atoms with Crippen molar-refractivity contribution in [2.45, 2.75) is 6.92 Å². The van der Waals surface area contributed by atoms with Crippen LogP contribution in [0.1, 0.15) is 17.3 Å². The van der Waals surface area contributed by atoms with Gasteiger partial charge in [-0.15, -0.1) is 0 Å². The van der Waals surface area contributed by atoms with Crippen LogP contribution in [0.2, 0.25) is 10.0 Å². The molecule has 0 saturated carbocycles. The standard InChI is InChI=1S/C16H13Cl2FN2O2/c1-2-21(11-8-6-10(17)7-9-11)16(23)20-15(22)14-12(18)4-3-5-13(14)19/h3-9H,2H2,1H3,(H,20,22,23). The first kappa shape index (κ1) is 17.2. The summed E-state index contributed by atoms with van der Waals surface area (Å²) in [7, 11) is 0. The van der Waals surface area contributed by atoms with Crippen LogP contribution in [-0.4, -0.2) is 18.5 Å². The molecule has 0 heterocycles. The summed E-state index contributed by atoms with van der Waals surface area (Å²) in [5.41, 5.74) is 0.191. The lowest BCUT2D eigenvalue weighted by molar-refractivity contribution is 0.0962. The summed E-state index contributed by atoms with van der Waals surface area (Å²) in [6, 6.07) is 9.72. The molecule has 0 atom stereocenters. The number of benzene rings is 2. The van der Waals surface area contributed by atoms with E-state index >= 15 is 0 Å². The van der Waals surface area contributed by atoms with Gasteiger partial charge < -0.3 is 0 Å². The molecule has 4 nitrogen and oxygen atoms in total. The Bertz CT molecular complexity index is 715. The minimum atomic E-state index is -0.898. The normalized spacial score (nSPS) is 10.3. The third kappa shape index (κ3) is 4.00. The molecular formula is C16H13Cl2FN2O2. The number of hydrogen-bond acceptors (Lipinski definition) is 2. The number of nitrogens with one attached hydrogen (secondary N) is 1. The molecule has 0 unspecified atom stereocenters. The number of urea groups is 1. The molecule has 0 aliphatic rings. The van der Waals surface area contributed by atoms with Crippen LogP contribution in [0, 0.1) is 5.82 Å². The topological polar surface area (TPSA) is 49.4 Å². The summed E-state index contributed by atoms with van der Waals surface area (Å²) in [5.74, 6) is -1.69. The number of amides is 3. The molecule has 0 aromatic heterocycles. The van der Waals surface area contributed by atoms with Gasteiger partial charge in [0.1, 0.15) is 5.82 Å². The van der Waals surface area contributed by atoms with E-state index in [0.717, 1.165) is 6.07 Å². The number of imide groups is 1. The zero-order chi connectivity index (χ0) is 17.0. The van der Waals surface area contributed by atoms with Crippen molar-refractivity contribution in [3.8, 4) is 0 Å². The van der Waals surface area contributed by atoms with E-state index in [1.807, 2.05) is 0 Å². The van der Waals surface area contributed by atoms with Crippen LogP contribution in [0.4, 0.5) is 14.9 Å². The molecule has 2 aromatic rings. The van der Waals surface area contributed by atoms with Gasteiger partial charge in [0.2, 0.25) is 0 Å². The van der Waals surface area contributed by atoms with E-state index in [1.165, 1.54) is 17.0 Å². The van der Waals surface area contributed by atoms with Gasteiger partial charge in [0.25, 0.3) is 5.91 Å². The van der Waals surface area contributed by atoms with E-state index < -0.39 is 17.8 Å². The van der Waals surface area contributed by atoms with Crippen LogP contribution >= 0.6 is 23.2 Å². The first-order valence-electron chi connectivity index (χ1n) is 6.76. The Kier molecular flexibility index (Phi) is 5.58. The molecule has 0 radical (unpaired) electrons. The van der Waals surface area contributed by atoms with E-state index in [0.29, 0.717) is 17.3 Å². The lowest BCUT2D eigenvalue weighted by Gasteiger charge is -2.21. The van der Waals surface area contributed by atoms with Gasteiger partial charge in [-0.2, -0.15) is 0 Å². The monoisotopic (exact) mass is 354 g/mol. The Balaban J connectivity index is 2.19. The maximum absolute atomic E-state index is 13.7. The minimum Gasteiger partial charge on any atom is -0.294 e. The highest BCUT2D eigenvalue weighted by Gasteiger charge is 2.21. The Morgan fingerprint density at radius 2 is 1.78 bits per heavy atom. The van der Waals surface area contributed by atoms with Crippen LogP contribution < -0.4 is 10.2 Å². The number of hydrogen-bond donors (Lipinski definition) is 1. The van der Waals surface area contributed by atoms with Crippen molar-refractivity contribution >= 4 is 40.8 Å². The van der Waals surface area contributed by atoms with Gasteiger partial charge in [-0.25, -0.2) is 9.18 Å². The highest BCUT2D eigenvalue weighted by atomic mass is 35.5. The van der Waals surface area contributed by atoms with Crippen molar-refractivity contribution in [1.82, 2.24) is 5.32 Å². The molecule has 0 aliphatic carbocycles. The second kappa shape index (κ2) is 7.44. The van der Waals surface area contributed by atoms with Gasteiger partial charge in [-0.05, 0) is 43.3 Å². The second-order valence-electron chi connectivity index (χ2n) is 4.58. The molecule has 0 saturated heterocycles. The summed E-state index contributed by atoms with van der Waals surface area (Å²) < 4.78 is 13.7. The average Bonchev–Trinajstić information content (AvgIpc) is 2.49. The van der Waals surface area contributed by atoms with E-state index in [2.05, 4.69) is 5.32 Å². The average molecular weight is 355 g/mol. The molecule has 120 valence electrons. The summed E-state index contributed by atoms with van der Waals surface area (Å²) in [5, 5.41) is 2.59. The lowest BCUT2D eigenvalue weighted by Crippen LogP contribution is -2.43. The van der Waals surface area contributed by atoms with Crippen molar-refractivity contribution in [3.63, 3.8) is 0 Å². The lowest BCUT2D eigenvalue weighted by atomic mass is 10.2. The first-order chi connectivity index (χ1) is 10.9. The highest BCUT2D eigenvalue weighted by molar-refractivity contribution is 6.34. The van der Waals surface area contributed by atoms with Gasteiger partial charge in [-0.1, -0.05) is 29.3 Å². The number of rotatable bonds is 3. The summed E-state index contributed by atoms with van der Waals surface area (Å²) in [6.45, 7) is 2.06. The summed E-state index contributed by atoms with van der Waals surface area (Å²) in [6.07, 6.45) is 0.